The van der Waals surface area contributed by atoms with Crippen LogP contribution in [0, 0.1) is 6.92 Å². The molecule has 0 aliphatic rings. The highest BCUT2D eigenvalue weighted by Crippen LogP contribution is 2.29. The monoisotopic (exact) mass is 551 g/mol. The summed E-state index contributed by atoms with van der Waals surface area (Å²) in [6.45, 7) is 3.11. The first-order chi connectivity index (χ1) is 18.5. The van der Waals surface area contributed by atoms with Gasteiger partial charge in [0, 0.05) is 19.2 Å². The Bertz CT molecular complexity index is 1280. The fraction of sp³-hybridized carbons (Fsp3) is 0.320. The van der Waals surface area contributed by atoms with Gasteiger partial charge >= 0.3 is 18.5 Å². The van der Waals surface area contributed by atoms with Crippen LogP contribution in [0.5, 0.6) is 11.6 Å². The first-order valence-corrected chi connectivity index (χ1v) is 11.7. The Balaban J connectivity index is 1.80. The molecule has 2 aromatic carbocycles. The molecule has 210 valence electrons. The van der Waals surface area contributed by atoms with E-state index in [1.165, 1.54) is 23.9 Å². The molecule has 3 rings (SSSR count). The third kappa shape index (κ3) is 8.53. The molecule has 0 aliphatic heterocycles. The molecule has 0 saturated heterocycles. The number of halogens is 3. The lowest BCUT2D eigenvalue weighted by Gasteiger charge is -2.16. The van der Waals surface area contributed by atoms with Crippen molar-refractivity contribution in [3.63, 3.8) is 0 Å². The van der Waals surface area contributed by atoms with Gasteiger partial charge in [0.05, 0.1) is 23.9 Å². The van der Waals surface area contributed by atoms with Gasteiger partial charge in [-0.1, -0.05) is 24.3 Å². The van der Waals surface area contributed by atoms with Crippen LogP contribution in [0.3, 0.4) is 0 Å². The van der Waals surface area contributed by atoms with Crippen molar-refractivity contribution in [1.82, 2.24) is 20.4 Å². The highest BCUT2D eigenvalue weighted by Gasteiger charge is 2.32. The number of carbonyl (C=O) groups excluding carboxylic acids is 1. The highest BCUT2D eigenvalue weighted by molar-refractivity contribution is 5.89. The van der Waals surface area contributed by atoms with E-state index in [-0.39, 0.29) is 37.0 Å². The molecule has 39 heavy (non-hydrogen) atoms. The van der Waals surface area contributed by atoms with Gasteiger partial charge in [-0.15, -0.1) is 18.3 Å². The lowest BCUT2D eigenvalue weighted by molar-refractivity contribution is -0.274. The van der Waals surface area contributed by atoms with Gasteiger partial charge in [-0.05, 0) is 43.7 Å². The number of amides is 3. The predicted molar refractivity (Wildman–Crippen MR) is 134 cm³/mol. The molecule has 11 nitrogen and oxygen atoms in total. The average molecular weight is 552 g/mol. The first-order valence-electron chi connectivity index (χ1n) is 11.7. The summed E-state index contributed by atoms with van der Waals surface area (Å²) in [6, 6.07) is 11.6. The quantitative estimate of drug-likeness (QED) is 0.274. The summed E-state index contributed by atoms with van der Waals surface area (Å²) in [6.07, 6.45) is -6.11. The molecule has 1 unspecified atom stereocenters. The molecule has 0 saturated carbocycles. The van der Waals surface area contributed by atoms with Crippen LogP contribution in [0.2, 0.25) is 0 Å². The van der Waals surface area contributed by atoms with E-state index in [9.17, 15) is 22.8 Å². The summed E-state index contributed by atoms with van der Waals surface area (Å²) in [7, 11) is 1.45. The summed E-state index contributed by atoms with van der Waals surface area (Å²) in [5, 5.41) is 20.7. The van der Waals surface area contributed by atoms with Crippen molar-refractivity contribution in [3.05, 3.63) is 65.2 Å². The number of hydrogen-bond donors (Lipinski definition) is 4. The van der Waals surface area contributed by atoms with Crippen LogP contribution in [-0.4, -0.2) is 53.1 Å². The van der Waals surface area contributed by atoms with Crippen molar-refractivity contribution in [2.75, 3.05) is 19.0 Å². The van der Waals surface area contributed by atoms with E-state index >= 15 is 0 Å². The van der Waals surface area contributed by atoms with Crippen LogP contribution in [0.4, 0.5) is 28.6 Å². The molecular weight excluding hydrogens is 523 g/mol. The number of rotatable bonds is 11. The number of benzene rings is 2. The number of nitrogens with zero attached hydrogens (tertiary/aromatic N) is 2. The van der Waals surface area contributed by atoms with Crippen LogP contribution in [-0.2, 0) is 17.9 Å². The van der Waals surface area contributed by atoms with Gasteiger partial charge in [-0.3, -0.25) is 5.32 Å². The summed E-state index contributed by atoms with van der Waals surface area (Å²) in [5.41, 5.74) is 1.72. The number of carbonyl (C=O) groups is 2. The van der Waals surface area contributed by atoms with Gasteiger partial charge in [-0.2, -0.15) is 0 Å². The Labute approximate surface area is 221 Å². The number of aromatic nitrogens is 2. The van der Waals surface area contributed by atoms with Crippen molar-refractivity contribution < 1.29 is 42.1 Å². The van der Waals surface area contributed by atoms with Crippen molar-refractivity contribution in [2.24, 2.45) is 0 Å². The second kappa shape index (κ2) is 12.9. The van der Waals surface area contributed by atoms with Crippen molar-refractivity contribution in [1.29, 1.82) is 0 Å². The van der Waals surface area contributed by atoms with Gasteiger partial charge in [0.15, 0.2) is 0 Å². The first kappa shape index (κ1) is 29.1. The Hall–Kier alpha value is -4.46. The molecule has 1 atom stereocenters. The molecule has 3 amide bonds. The number of urea groups is 1. The number of alkyl halides is 3. The minimum Gasteiger partial charge on any atom is -0.474 e. The third-order valence-corrected chi connectivity index (χ3v) is 5.25. The molecular formula is C25H28F3N5O6. The van der Waals surface area contributed by atoms with Crippen LogP contribution in [0.15, 0.2) is 48.5 Å². The van der Waals surface area contributed by atoms with Gasteiger partial charge in [0.25, 0.3) is 0 Å². The largest absolute Gasteiger partial charge is 0.573 e. The minimum absolute atomic E-state index is 0.0234. The molecule has 0 fully saturated rings. The van der Waals surface area contributed by atoms with Crippen molar-refractivity contribution in [3.8, 4) is 17.3 Å². The topological polar surface area (TPSA) is 136 Å². The molecule has 0 aliphatic carbocycles. The maximum absolute atomic E-state index is 12.9. The predicted octanol–water partition coefficient (Wildman–Crippen LogP) is 4.58. The average Bonchev–Trinajstić information content (AvgIpc) is 3.17. The molecule has 1 heterocycles. The van der Waals surface area contributed by atoms with E-state index in [1.54, 1.807) is 44.2 Å². The van der Waals surface area contributed by atoms with E-state index in [2.05, 4.69) is 25.8 Å². The van der Waals surface area contributed by atoms with E-state index in [4.69, 9.17) is 14.6 Å². The molecule has 0 bridgehead atoms. The van der Waals surface area contributed by atoms with E-state index in [0.717, 1.165) is 6.07 Å². The molecule has 3 aromatic rings. The molecule has 0 radical (unpaired) electrons. The lowest BCUT2D eigenvalue weighted by atomic mass is 10.1. The van der Waals surface area contributed by atoms with E-state index in [1.807, 2.05) is 0 Å². The number of carboxylic acid groups (broad SMARTS) is 1. The Morgan fingerprint density at radius 3 is 2.51 bits per heavy atom. The van der Waals surface area contributed by atoms with Crippen molar-refractivity contribution in [2.45, 2.75) is 39.4 Å². The van der Waals surface area contributed by atoms with Gasteiger partial charge in [0.1, 0.15) is 18.2 Å². The summed E-state index contributed by atoms with van der Waals surface area (Å²) >= 11 is 0. The number of methoxy groups -OCH3 is 1. The number of hydrogen-bond acceptors (Lipinski definition) is 6. The molecule has 0 spiro atoms. The van der Waals surface area contributed by atoms with Crippen molar-refractivity contribution >= 4 is 17.9 Å². The molecule has 1 aromatic heterocycles. The van der Waals surface area contributed by atoms with Gasteiger partial charge in [-0.25, -0.2) is 14.3 Å². The highest BCUT2D eigenvalue weighted by atomic mass is 19.4. The Morgan fingerprint density at radius 1 is 1.15 bits per heavy atom. The standard InChI is InChI=1S/C25H28F3N5O6/c1-15(30-24(35)36)13-38-22-16(2)21(33(32-22)19-7-5-4-6-8-19)31-23(34)29-12-18-11-17(14-37-3)9-10-20(18)39-25(26,27)28/h4-11,15,30H,12-14H2,1-3H3,(H,35,36)(H2,29,31,34). The summed E-state index contributed by atoms with van der Waals surface area (Å²) < 4.78 is 54.9. The molecule has 14 heteroatoms. The summed E-state index contributed by atoms with van der Waals surface area (Å²) in [5.74, 6) is -0.0540. The van der Waals surface area contributed by atoms with Crippen LogP contribution >= 0.6 is 0 Å². The maximum Gasteiger partial charge on any atom is 0.573 e. The summed E-state index contributed by atoms with van der Waals surface area (Å²) in [4.78, 5) is 23.7. The number of nitrogens with one attached hydrogen (secondary N) is 3. The van der Waals surface area contributed by atoms with Gasteiger partial charge < -0.3 is 30.0 Å². The second-order valence-electron chi connectivity index (χ2n) is 8.42. The lowest BCUT2D eigenvalue weighted by Crippen LogP contribution is -2.35. The fourth-order valence-electron chi connectivity index (χ4n) is 3.55. The van der Waals surface area contributed by atoms with Gasteiger partial charge in [0.2, 0.25) is 5.88 Å². The number of para-hydroxylation sites is 1. The second-order valence-corrected chi connectivity index (χ2v) is 8.42. The molecule has 4 N–H and O–H groups in total. The zero-order valence-electron chi connectivity index (χ0n) is 21.3. The Kier molecular flexibility index (Phi) is 9.60. The SMILES string of the molecule is COCc1ccc(OC(F)(F)F)c(CNC(=O)Nc2c(C)c(OCC(C)NC(=O)O)nn2-c2ccccc2)c1. The van der Waals surface area contributed by atoms with Crippen LogP contribution in [0.1, 0.15) is 23.6 Å². The smallest absolute Gasteiger partial charge is 0.474 e. The Morgan fingerprint density at radius 2 is 1.87 bits per heavy atom. The van der Waals surface area contributed by atoms with Crippen LogP contribution in [0.25, 0.3) is 5.69 Å². The van der Waals surface area contributed by atoms with E-state index in [0.29, 0.717) is 16.8 Å². The minimum atomic E-state index is -4.91. The normalized spacial score (nSPS) is 11.9. The fourth-order valence-corrected chi connectivity index (χ4v) is 3.55. The zero-order valence-corrected chi connectivity index (χ0v) is 21.3. The van der Waals surface area contributed by atoms with Crippen LogP contribution < -0.4 is 25.4 Å². The maximum atomic E-state index is 12.9. The zero-order chi connectivity index (χ0) is 28.6. The number of anilines is 1. The number of ether oxygens (including phenoxy) is 3. The third-order valence-electron chi connectivity index (χ3n) is 5.25. The van der Waals surface area contributed by atoms with E-state index < -0.39 is 30.3 Å².